The molecule has 0 spiro atoms. The van der Waals surface area contributed by atoms with Crippen molar-refractivity contribution in [3.05, 3.63) is 82.0 Å². The lowest BCUT2D eigenvalue weighted by Gasteiger charge is -2.17. The van der Waals surface area contributed by atoms with E-state index in [1.54, 1.807) is 48.9 Å². The van der Waals surface area contributed by atoms with Crippen molar-refractivity contribution in [1.82, 2.24) is 10.6 Å². The number of amides is 2. The Morgan fingerprint density at radius 1 is 0.970 bits per heavy atom. The quantitative estimate of drug-likeness (QED) is 0.453. The monoisotopic (exact) mass is 486 g/mol. The second-order valence-corrected chi connectivity index (χ2v) is 10.5. The van der Waals surface area contributed by atoms with E-state index in [0.29, 0.717) is 11.3 Å². The first-order valence-electron chi connectivity index (χ1n) is 10.3. The van der Waals surface area contributed by atoms with Crippen LogP contribution in [0.25, 0.3) is 0 Å². The van der Waals surface area contributed by atoms with E-state index in [2.05, 4.69) is 10.6 Å². The lowest BCUT2D eigenvalue weighted by Crippen LogP contribution is -2.42. The first-order chi connectivity index (χ1) is 15.8. The van der Waals surface area contributed by atoms with Crippen LogP contribution < -0.4 is 15.4 Å². The zero-order valence-electron chi connectivity index (χ0n) is 18.4. The maximum atomic E-state index is 13.2. The predicted molar refractivity (Wildman–Crippen MR) is 128 cm³/mol. The van der Waals surface area contributed by atoms with Gasteiger partial charge >= 0.3 is 11.8 Å². The number of sulfone groups is 1. The summed E-state index contributed by atoms with van der Waals surface area (Å²) in [5.74, 6) is -0.936. The molecule has 2 amide bonds. The number of ether oxygens (including phenoxy) is 1. The number of nitrogens with one attached hydrogen (secondary N) is 2. The average Bonchev–Trinajstić information content (AvgIpc) is 3.34. The van der Waals surface area contributed by atoms with E-state index in [9.17, 15) is 18.0 Å². The summed E-state index contributed by atoms with van der Waals surface area (Å²) in [6.07, 6.45) is 0.544. The van der Waals surface area contributed by atoms with Gasteiger partial charge in [0.05, 0.1) is 12.0 Å². The fraction of sp³-hybridized carbons (Fsp3) is 0.250. The summed E-state index contributed by atoms with van der Waals surface area (Å²) in [4.78, 5) is 25.3. The third kappa shape index (κ3) is 6.43. The Hall–Kier alpha value is -3.17. The minimum Gasteiger partial charge on any atom is -0.497 e. The SMILES string of the molecule is COc1ccc(CCNC(=O)C(=O)NC[C@@H](c2cccs2)S(=O)(=O)c2ccc(C)cc2)cc1. The first kappa shape index (κ1) is 24.5. The van der Waals surface area contributed by atoms with Gasteiger partial charge in [0, 0.05) is 18.0 Å². The highest BCUT2D eigenvalue weighted by atomic mass is 32.2. The normalized spacial score (nSPS) is 12.1. The molecule has 174 valence electrons. The van der Waals surface area contributed by atoms with E-state index in [1.807, 2.05) is 31.2 Å². The van der Waals surface area contributed by atoms with Gasteiger partial charge in [-0.3, -0.25) is 9.59 Å². The molecule has 0 aliphatic carbocycles. The van der Waals surface area contributed by atoms with Crippen molar-refractivity contribution in [3.8, 4) is 5.75 Å². The van der Waals surface area contributed by atoms with Crippen LogP contribution >= 0.6 is 11.3 Å². The van der Waals surface area contributed by atoms with Gasteiger partial charge in [-0.25, -0.2) is 8.42 Å². The molecule has 3 aromatic rings. The molecule has 2 N–H and O–H groups in total. The summed E-state index contributed by atoms with van der Waals surface area (Å²) in [5.41, 5.74) is 1.93. The zero-order chi connectivity index (χ0) is 23.8. The van der Waals surface area contributed by atoms with Crippen LogP contribution in [0.3, 0.4) is 0 Å². The minimum absolute atomic E-state index is 0.171. The maximum absolute atomic E-state index is 13.2. The highest BCUT2D eigenvalue weighted by molar-refractivity contribution is 7.91. The predicted octanol–water partition coefficient (Wildman–Crippen LogP) is 3.06. The van der Waals surface area contributed by atoms with E-state index in [-0.39, 0.29) is 18.0 Å². The third-order valence-electron chi connectivity index (χ3n) is 5.10. The molecule has 0 radical (unpaired) electrons. The molecule has 9 heteroatoms. The van der Waals surface area contributed by atoms with Crippen LogP contribution in [0.2, 0.25) is 0 Å². The molecule has 0 aliphatic rings. The molecule has 0 saturated carbocycles. The number of aryl methyl sites for hydroxylation is 1. The van der Waals surface area contributed by atoms with Crippen LogP contribution in [0, 0.1) is 6.92 Å². The molecule has 0 unspecified atom stereocenters. The molecule has 3 rings (SSSR count). The van der Waals surface area contributed by atoms with E-state index in [0.717, 1.165) is 16.9 Å². The van der Waals surface area contributed by atoms with E-state index in [1.165, 1.54) is 11.3 Å². The molecule has 0 saturated heterocycles. The van der Waals surface area contributed by atoms with Crippen LogP contribution in [0.5, 0.6) is 5.75 Å². The summed E-state index contributed by atoms with van der Waals surface area (Å²) in [7, 11) is -2.18. The van der Waals surface area contributed by atoms with E-state index >= 15 is 0 Å². The molecule has 1 aromatic heterocycles. The Balaban J connectivity index is 1.60. The Kier molecular flexibility index (Phi) is 8.24. The minimum atomic E-state index is -3.77. The number of rotatable bonds is 9. The van der Waals surface area contributed by atoms with Crippen LogP contribution in [0.15, 0.2) is 70.9 Å². The van der Waals surface area contributed by atoms with Gasteiger partial charge in [-0.2, -0.15) is 0 Å². The van der Waals surface area contributed by atoms with E-state index < -0.39 is 26.9 Å². The molecule has 7 nitrogen and oxygen atoms in total. The number of benzene rings is 2. The third-order valence-corrected chi connectivity index (χ3v) is 8.33. The smallest absolute Gasteiger partial charge is 0.309 e. The Morgan fingerprint density at radius 3 is 2.24 bits per heavy atom. The summed E-state index contributed by atoms with van der Waals surface area (Å²) in [6.45, 7) is 1.94. The van der Waals surface area contributed by atoms with Crippen molar-refractivity contribution in [1.29, 1.82) is 0 Å². The lowest BCUT2D eigenvalue weighted by atomic mass is 10.1. The van der Waals surface area contributed by atoms with Gasteiger partial charge in [-0.15, -0.1) is 11.3 Å². The Bertz CT molecular complexity index is 1170. The van der Waals surface area contributed by atoms with Crippen molar-refractivity contribution in [3.63, 3.8) is 0 Å². The Morgan fingerprint density at radius 2 is 1.64 bits per heavy atom. The number of hydrogen-bond acceptors (Lipinski definition) is 6. The highest BCUT2D eigenvalue weighted by Crippen LogP contribution is 2.31. The number of thiophene rings is 1. The molecule has 33 heavy (non-hydrogen) atoms. The average molecular weight is 487 g/mol. The van der Waals surface area contributed by atoms with Gasteiger partial charge in [-0.1, -0.05) is 35.9 Å². The van der Waals surface area contributed by atoms with Crippen molar-refractivity contribution in [2.75, 3.05) is 20.2 Å². The fourth-order valence-electron chi connectivity index (χ4n) is 3.19. The maximum Gasteiger partial charge on any atom is 0.309 e. The Labute approximate surface area is 197 Å². The molecular formula is C24H26N2O5S2. The van der Waals surface area contributed by atoms with Gasteiger partial charge in [0.25, 0.3) is 0 Å². The van der Waals surface area contributed by atoms with Gasteiger partial charge in [0.15, 0.2) is 9.84 Å². The molecule has 0 bridgehead atoms. The lowest BCUT2D eigenvalue weighted by molar-refractivity contribution is -0.139. The van der Waals surface area contributed by atoms with Crippen molar-refractivity contribution >= 4 is 33.0 Å². The largest absolute Gasteiger partial charge is 0.497 e. The standard InChI is InChI=1S/C24H26N2O5S2/c1-17-5-11-20(12-6-17)33(29,30)22(21-4-3-15-32-21)16-26-24(28)23(27)25-14-13-18-7-9-19(31-2)10-8-18/h3-12,15,22H,13-14,16H2,1-2H3,(H,25,27)(H,26,28)/t22-/m0/s1. The van der Waals surface area contributed by atoms with Crippen LogP contribution in [0.1, 0.15) is 21.3 Å². The van der Waals surface area contributed by atoms with Gasteiger partial charge in [-0.05, 0) is 54.6 Å². The second kappa shape index (κ2) is 11.1. The molecule has 0 fully saturated rings. The molecule has 1 heterocycles. The molecule has 2 aromatic carbocycles. The molecule has 1 atom stereocenters. The molecular weight excluding hydrogens is 460 g/mol. The second-order valence-electron chi connectivity index (χ2n) is 7.43. The van der Waals surface area contributed by atoms with Crippen molar-refractivity contribution < 1.29 is 22.7 Å². The summed E-state index contributed by atoms with van der Waals surface area (Å²) < 4.78 is 31.6. The summed E-state index contributed by atoms with van der Waals surface area (Å²) >= 11 is 1.29. The number of hydrogen-bond donors (Lipinski definition) is 2. The number of methoxy groups -OCH3 is 1. The highest BCUT2D eigenvalue weighted by Gasteiger charge is 2.31. The van der Waals surface area contributed by atoms with Crippen molar-refractivity contribution in [2.24, 2.45) is 0 Å². The van der Waals surface area contributed by atoms with Gasteiger partial charge in [0.2, 0.25) is 0 Å². The van der Waals surface area contributed by atoms with Crippen LogP contribution in [-0.4, -0.2) is 40.4 Å². The fourth-order valence-corrected chi connectivity index (χ4v) is 5.97. The summed E-state index contributed by atoms with van der Waals surface area (Å²) in [5, 5.41) is 5.84. The van der Waals surface area contributed by atoms with Crippen molar-refractivity contribution in [2.45, 2.75) is 23.5 Å². The summed E-state index contributed by atoms with van der Waals surface area (Å²) in [6, 6.07) is 17.4. The van der Waals surface area contributed by atoms with Gasteiger partial charge in [0.1, 0.15) is 11.0 Å². The topological polar surface area (TPSA) is 102 Å². The van der Waals surface area contributed by atoms with Crippen LogP contribution in [-0.2, 0) is 25.8 Å². The first-order valence-corrected chi connectivity index (χ1v) is 12.8. The number of carbonyl (C=O) groups is 2. The zero-order valence-corrected chi connectivity index (χ0v) is 20.0. The van der Waals surface area contributed by atoms with E-state index in [4.69, 9.17) is 4.74 Å². The number of carbonyl (C=O) groups excluding carboxylic acids is 2. The van der Waals surface area contributed by atoms with Gasteiger partial charge < -0.3 is 15.4 Å². The molecule has 0 aliphatic heterocycles. The van der Waals surface area contributed by atoms with Crippen LogP contribution in [0.4, 0.5) is 0 Å².